The lowest BCUT2D eigenvalue weighted by Crippen LogP contribution is -2.02. The summed E-state index contributed by atoms with van der Waals surface area (Å²) in [5.41, 5.74) is 1.45. The van der Waals surface area contributed by atoms with Crippen molar-refractivity contribution in [2.75, 3.05) is 0 Å². The first-order chi connectivity index (χ1) is 8.25. The van der Waals surface area contributed by atoms with E-state index in [2.05, 4.69) is 9.97 Å². The maximum Gasteiger partial charge on any atom is 0.166 e. The summed E-state index contributed by atoms with van der Waals surface area (Å²) in [6, 6.07) is 6.16. The fraction of sp³-hybridized carbons (Fsp3) is 0.154. The molecule has 2 aromatic rings. The maximum atomic E-state index is 12.7. The Kier molecular flexibility index (Phi) is 3.55. The molecule has 3 nitrogen and oxygen atoms in total. The number of halogens is 1. The Labute approximate surface area is 98.3 Å². The average Bonchev–Trinajstić information content (AvgIpc) is 2.39. The van der Waals surface area contributed by atoms with Crippen LogP contribution < -0.4 is 0 Å². The van der Waals surface area contributed by atoms with Gasteiger partial charge in [-0.05, 0) is 24.1 Å². The van der Waals surface area contributed by atoms with E-state index in [1.54, 1.807) is 12.1 Å². The van der Waals surface area contributed by atoms with Gasteiger partial charge in [0.25, 0.3) is 0 Å². The lowest BCUT2D eigenvalue weighted by molar-refractivity contribution is 0.0982. The number of aryl methyl sites for hydroxylation is 1. The summed E-state index contributed by atoms with van der Waals surface area (Å²) in [4.78, 5) is 19.3. The fourth-order valence-electron chi connectivity index (χ4n) is 1.50. The van der Waals surface area contributed by atoms with E-state index in [1.165, 1.54) is 30.9 Å². The van der Waals surface area contributed by atoms with E-state index in [0.29, 0.717) is 18.4 Å². The average molecular weight is 230 g/mol. The standard InChI is InChI=1S/C13H11FN2O/c14-12-4-1-10(2-5-12)3-6-13(17)11-7-15-9-16-8-11/h1-2,4-5,7-9H,3,6H2. The van der Waals surface area contributed by atoms with Crippen LogP contribution >= 0.6 is 0 Å². The molecule has 0 N–H and O–H groups in total. The van der Waals surface area contributed by atoms with Crippen molar-refractivity contribution in [1.82, 2.24) is 9.97 Å². The van der Waals surface area contributed by atoms with Gasteiger partial charge in [-0.15, -0.1) is 0 Å². The number of aromatic nitrogens is 2. The first-order valence-electron chi connectivity index (χ1n) is 5.28. The number of carbonyl (C=O) groups is 1. The van der Waals surface area contributed by atoms with E-state index in [9.17, 15) is 9.18 Å². The Bertz CT molecular complexity index is 497. The highest BCUT2D eigenvalue weighted by Gasteiger charge is 2.06. The van der Waals surface area contributed by atoms with E-state index < -0.39 is 0 Å². The first-order valence-corrected chi connectivity index (χ1v) is 5.28. The van der Waals surface area contributed by atoms with E-state index in [0.717, 1.165) is 5.56 Å². The molecule has 1 heterocycles. The quantitative estimate of drug-likeness (QED) is 0.757. The molecule has 0 aliphatic carbocycles. The molecule has 0 atom stereocenters. The van der Waals surface area contributed by atoms with Gasteiger partial charge in [-0.1, -0.05) is 12.1 Å². The van der Waals surface area contributed by atoms with Crippen LogP contribution in [-0.4, -0.2) is 15.8 Å². The van der Waals surface area contributed by atoms with Crippen molar-refractivity contribution >= 4 is 5.78 Å². The molecule has 0 bridgehead atoms. The fourth-order valence-corrected chi connectivity index (χ4v) is 1.50. The number of carbonyl (C=O) groups excluding carboxylic acids is 1. The minimum absolute atomic E-state index is 0.00470. The zero-order chi connectivity index (χ0) is 12.1. The van der Waals surface area contributed by atoms with Crippen molar-refractivity contribution in [2.24, 2.45) is 0 Å². The monoisotopic (exact) mass is 230 g/mol. The van der Waals surface area contributed by atoms with Crippen molar-refractivity contribution < 1.29 is 9.18 Å². The molecule has 0 fully saturated rings. The van der Waals surface area contributed by atoms with Gasteiger partial charge in [0.2, 0.25) is 0 Å². The Hall–Kier alpha value is -2.10. The second kappa shape index (κ2) is 5.30. The number of ketones is 1. The molecule has 0 spiro atoms. The van der Waals surface area contributed by atoms with E-state index in [-0.39, 0.29) is 11.6 Å². The smallest absolute Gasteiger partial charge is 0.166 e. The largest absolute Gasteiger partial charge is 0.294 e. The van der Waals surface area contributed by atoms with Gasteiger partial charge in [-0.2, -0.15) is 0 Å². The van der Waals surface area contributed by atoms with Crippen molar-refractivity contribution in [3.63, 3.8) is 0 Å². The van der Waals surface area contributed by atoms with Gasteiger partial charge in [0.15, 0.2) is 5.78 Å². The Morgan fingerprint density at radius 1 is 1.12 bits per heavy atom. The topological polar surface area (TPSA) is 42.9 Å². The summed E-state index contributed by atoms with van der Waals surface area (Å²) < 4.78 is 12.7. The highest BCUT2D eigenvalue weighted by atomic mass is 19.1. The summed E-state index contributed by atoms with van der Waals surface area (Å²) in [6.45, 7) is 0. The van der Waals surface area contributed by atoms with E-state index in [4.69, 9.17) is 0 Å². The molecule has 2 rings (SSSR count). The second-order valence-electron chi connectivity index (χ2n) is 3.68. The third-order valence-corrected chi connectivity index (χ3v) is 2.44. The van der Waals surface area contributed by atoms with Crippen LogP contribution in [-0.2, 0) is 6.42 Å². The van der Waals surface area contributed by atoms with Crippen molar-refractivity contribution in [2.45, 2.75) is 12.8 Å². The Balaban J connectivity index is 1.95. The molecular formula is C13H11FN2O. The summed E-state index contributed by atoms with van der Waals surface area (Å²) in [5.74, 6) is -0.272. The number of nitrogens with zero attached hydrogens (tertiary/aromatic N) is 2. The number of benzene rings is 1. The minimum atomic E-state index is -0.267. The highest BCUT2D eigenvalue weighted by Crippen LogP contribution is 2.08. The molecule has 0 radical (unpaired) electrons. The van der Waals surface area contributed by atoms with E-state index >= 15 is 0 Å². The van der Waals surface area contributed by atoms with Crippen LogP contribution in [0, 0.1) is 5.82 Å². The number of rotatable bonds is 4. The predicted octanol–water partition coefficient (Wildman–Crippen LogP) is 2.43. The third-order valence-electron chi connectivity index (χ3n) is 2.44. The van der Waals surface area contributed by atoms with Gasteiger partial charge in [-0.3, -0.25) is 4.79 Å². The lowest BCUT2D eigenvalue weighted by atomic mass is 10.0. The van der Waals surface area contributed by atoms with Crippen molar-refractivity contribution in [3.05, 3.63) is 59.9 Å². The predicted molar refractivity (Wildman–Crippen MR) is 61.1 cm³/mol. The zero-order valence-electron chi connectivity index (χ0n) is 9.14. The molecule has 1 aromatic heterocycles. The second-order valence-corrected chi connectivity index (χ2v) is 3.68. The molecule has 0 aliphatic heterocycles. The Morgan fingerprint density at radius 3 is 2.41 bits per heavy atom. The molecule has 1 aromatic carbocycles. The lowest BCUT2D eigenvalue weighted by Gasteiger charge is -2.01. The van der Waals surface area contributed by atoms with Gasteiger partial charge in [0, 0.05) is 18.8 Å². The maximum absolute atomic E-state index is 12.7. The van der Waals surface area contributed by atoms with Crippen molar-refractivity contribution in [1.29, 1.82) is 0 Å². The van der Waals surface area contributed by atoms with Crippen LogP contribution in [0.15, 0.2) is 43.0 Å². The summed E-state index contributed by atoms with van der Waals surface area (Å²) in [6.07, 6.45) is 5.35. The van der Waals surface area contributed by atoms with Crippen molar-refractivity contribution in [3.8, 4) is 0 Å². The number of hydrogen-bond acceptors (Lipinski definition) is 3. The molecule has 17 heavy (non-hydrogen) atoms. The molecule has 0 amide bonds. The molecule has 4 heteroatoms. The van der Waals surface area contributed by atoms with Crippen LogP contribution in [0.2, 0.25) is 0 Å². The van der Waals surface area contributed by atoms with E-state index in [1.807, 2.05) is 0 Å². The first kappa shape index (κ1) is 11.4. The summed E-state index contributed by atoms with van der Waals surface area (Å²) >= 11 is 0. The molecule has 86 valence electrons. The number of hydrogen-bond donors (Lipinski definition) is 0. The summed E-state index contributed by atoms with van der Waals surface area (Å²) in [5, 5.41) is 0. The zero-order valence-corrected chi connectivity index (χ0v) is 9.14. The van der Waals surface area contributed by atoms with Gasteiger partial charge < -0.3 is 0 Å². The molecular weight excluding hydrogens is 219 g/mol. The van der Waals surface area contributed by atoms with Crippen LogP contribution in [0.5, 0.6) is 0 Å². The van der Waals surface area contributed by atoms with Crippen LogP contribution in [0.25, 0.3) is 0 Å². The van der Waals surface area contributed by atoms with Gasteiger partial charge in [0.05, 0.1) is 5.56 Å². The van der Waals surface area contributed by atoms with Crippen LogP contribution in [0.1, 0.15) is 22.3 Å². The molecule has 0 saturated carbocycles. The molecule has 0 unspecified atom stereocenters. The number of Topliss-reactive ketones (excluding diaryl/α,β-unsaturated/α-hetero) is 1. The molecule has 0 saturated heterocycles. The Morgan fingerprint density at radius 2 is 1.76 bits per heavy atom. The summed E-state index contributed by atoms with van der Waals surface area (Å²) in [7, 11) is 0. The van der Waals surface area contributed by atoms with Crippen LogP contribution in [0.4, 0.5) is 4.39 Å². The van der Waals surface area contributed by atoms with Crippen LogP contribution in [0.3, 0.4) is 0 Å². The van der Waals surface area contributed by atoms with Gasteiger partial charge in [-0.25, -0.2) is 14.4 Å². The highest BCUT2D eigenvalue weighted by molar-refractivity contribution is 5.95. The third kappa shape index (κ3) is 3.17. The normalized spacial score (nSPS) is 10.2. The molecule has 0 aliphatic rings. The SMILES string of the molecule is O=C(CCc1ccc(F)cc1)c1cncnc1. The minimum Gasteiger partial charge on any atom is -0.294 e. The van der Waals surface area contributed by atoms with Gasteiger partial charge in [0.1, 0.15) is 12.1 Å². The van der Waals surface area contributed by atoms with Gasteiger partial charge >= 0.3 is 0 Å².